The topological polar surface area (TPSA) is 57.0 Å². The lowest BCUT2D eigenvalue weighted by Gasteiger charge is -2.12. The summed E-state index contributed by atoms with van der Waals surface area (Å²) in [5, 5.41) is 7.95. The fraction of sp³-hybridized carbons (Fsp3) is 0.438. The van der Waals surface area contributed by atoms with Gasteiger partial charge in [0.05, 0.1) is 0 Å². The van der Waals surface area contributed by atoms with Gasteiger partial charge in [-0.15, -0.1) is 5.10 Å². The van der Waals surface area contributed by atoms with Gasteiger partial charge in [-0.1, -0.05) is 36.8 Å². The maximum Gasteiger partial charge on any atom is 0.172 e. The highest BCUT2D eigenvalue weighted by Gasteiger charge is 2.14. The molecule has 0 unspecified atom stereocenters. The summed E-state index contributed by atoms with van der Waals surface area (Å²) in [5.41, 5.74) is 3.25. The van der Waals surface area contributed by atoms with Crippen LogP contribution in [-0.2, 0) is 13.2 Å². The Hall–Kier alpha value is -2.17. The van der Waals surface area contributed by atoms with Gasteiger partial charge < -0.3 is 4.74 Å². The first-order valence-corrected chi connectivity index (χ1v) is 7.24. The summed E-state index contributed by atoms with van der Waals surface area (Å²) in [4.78, 5) is 11.1. The van der Waals surface area contributed by atoms with E-state index in [-0.39, 0.29) is 0 Å². The molecule has 0 saturated heterocycles. The van der Waals surface area contributed by atoms with Crippen molar-refractivity contribution in [2.24, 2.45) is 0 Å². The highest BCUT2D eigenvalue weighted by Crippen LogP contribution is 2.23. The summed E-state index contributed by atoms with van der Waals surface area (Å²) in [6.45, 7) is 7.19. The van der Waals surface area contributed by atoms with E-state index in [2.05, 4.69) is 17.2 Å². The Morgan fingerprint density at radius 1 is 1.29 bits per heavy atom. The lowest BCUT2D eigenvalue weighted by atomic mass is 10.1. The SMILES string of the molecule is CCCCn1nnc(C=O)c1COc1c(C)cccc1C. The van der Waals surface area contributed by atoms with E-state index >= 15 is 0 Å². The Kier molecular flexibility index (Phi) is 5.09. The number of aromatic nitrogens is 3. The number of carbonyl (C=O) groups is 1. The summed E-state index contributed by atoms with van der Waals surface area (Å²) in [7, 11) is 0. The molecule has 0 N–H and O–H groups in total. The molecule has 0 radical (unpaired) electrons. The van der Waals surface area contributed by atoms with E-state index in [4.69, 9.17) is 4.74 Å². The molecule has 21 heavy (non-hydrogen) atoms. The molecule has 1 heterocycles. The van der Waals surface area contributed by atoms with Crippen molar-refractivity contribution >= 4 is 6.29 Å². The molecule has 112 valence electrons. The van der Waals surface area contributed by atoms with E-state index in [0.717, 1.165) is 48.2 Å². The molecule has 0 spiro atoms. The minimum atomic E-state index is 0.302. The molecule has 0 aliphatic carbocycles. The van der Waals surface area contributed by atoms with Crippen LogP contribution in [0.15, 0.2) is 18.2 Å². The number of carbonyl (C=O) groups excluding carboxylic acids is 1. The number of aryl methyl sites for hydroxylation is 3. The third-order valence-electron chi connectivity index (χ3n) is 3.46. The summed E-state index contributed by atoms with van der Waals surface area (Å²) in [5.74, 6) is 0.859. The van der Waals surface area contributed by atoms with E-state index in [1.165, 1.54) is 0 Å². The molecule has 0 saturated carbocycles. The second-order valence-electron chi connectivity index (χ2n) is 5.13. The molecule has 1 aromatic carbocycles. The molecule has 0 fully saturated rings. The fourth-order valence-corrected chi connectivity index (χ4v) is 2.24. The van der Waals surface area contributed by atoms with E-state index in [0.29, 0.717) is 12.3 Å². The average molecular weight is 287 g/mol. The van der Waals surface area contributed by atoms with Crippen molar-refractivity contribution in [1.82, 2.24) is 15.0 Å². The second-order valence-corrected chi connectivity index (χ2v) is 5.13. The minimum absolute atomic E-state index is 0.302. The van der Waals surface area contributed by atoms with E-state index in [9.17, 15) is 4.79 Å². The van der Waals surface area contributed by atoms with Crippen molar-refractivity contribution < 1.29 is 9.53 Å². The molecule has 2 aromatic rings. The van der Waals surface area contributed by atoms with Gasteiger partial charge in [-0.25, -0.2) is 4.68 Å². The normalized spacial score (nSPS) is 10.6. The highest BCUT2D eigenvalue weighted by molar-refractivity contribution is 5.73. The van der Waals surface area contributed by atoms with Gasteiger partial charge in [0.1, 0.15) is 18.1 Å². The van der Waals surface area contributed by atoms with Crippen molar-refractivity contribution in [3.8, 4) is 5.75 Å². The number of rotatable bonds is 7. The van der Waals surface area contributed by atoms with Crippen molar-refractivity contribution in [1.29, 1.82) is 0 Å². The fourth-order valence-electron chi connectivity index (χ4n) is 2.24. The van der Waals surface area contributed by atoms with Crippen LogP contribution < -0.4 is 4.74 Å². The highest BCUT2D eigenvalue weighted by atomic mass is 16.5. The number of para-hydroxylation sites is 1. The molecule has 0 aliphatic rings. The van der Waals surface area contributed by atoms with Crippen LogP contribution in [0, 0.1) is 13.8 Å². The van der Waals surface area contributed by atoms with Gasteiger partial charge >= 0.3 is 0 Å². The van der Waals surface area contributed by atoms with Crippen LogP contribution in [0.2, 0.25) is 0 Å². The van der Waals surface area contributed by atoms with Crippen LogP contribution in [0.3, 0.4) is 0 Å². The largest absolute Gasteiger partial charge is 0.487 e. The lowest BCUT2D eigenvalue weighted by molar-refractivity contribution is 0.111. The van der Waals surface area contributed by atoms with E-state index in [1.807, 2.05) is 32.0 Å². The third-order valence-corrected chi connectivity index (χ3v) is 3.46. The number of ether oxygens (including phenoxy) is 1. The predicted molar refractivity (Wildman–Crippen MR) is 80.6 cm³/mol. The Morgan fingerprint density at radius 3 is 2.62 bits per heavy atom. The number of benzene rings is 1. The summed E-state index contributed by atoms with van der Waals surface area (Å²) in [6.07, 6.45) is 2.80. The predicted octanol–water partition coefficient (Wildman–Crippen LogP) is 3.09. The van der Waals surface area contributed by atoms with Gasteiger partial charge in [0.15, 0.2) is 12.0 Å². The summed E-state index contributed by atoms with van der Waals surface area (Å²) in [6, 6.07) is 6.02. The maximum absolute atomic E-state index is 11.1. The molecular formula is C16H21N3O2. The van der Waals surface area contributed by atoms with Crippen LogP contribution in [-0.4, -0.2) is 21.3 Å². The average Bonchev–Trinajstić information content (AvgIpc) is 2.86. The molecule has 0 aliphatic heterocycles. The van der Waals surface area contributed by atoms with Gasteiger partial charge in [-0.05, 0) is 31.4 Å². The number of hydrogen-bond donors (Lipinski definition) is 0. The van der Waals surface area contributed by atoms with E-state index < -0.39 is 0 Å². The Bertz CT molecular complexity index is 600. The Labute approximate surface area is 124 Å². The van der Waals surface area contributed by atoms with Crippen LogP contribution >= 0.6 is 0 Å². The smallest absolute Gasteiger partial charge is 0.172 e. The van der Waals surface area contributed by atoms with Gasteiger partial charge in [0.2, 0.25) is 0 Å². The van der Waals surface area contributed by atoms with Crippen molar-refractivity contribution in [2.45, 2.75) is 46.8 Å². The molecule has 1 aromatic heterocycles. The quantitative estimate of drug-likeness (QED) is 0.734. The number of unbranched alkanes of at least 4 members (excludes halogenated alkanes) is 1. The molecule has 0 bridgehead atoms. The molecule has 0 amide bonds. The van der Waals surface area contributed by atoms with Gasteiger partial charge in [0, 0.05) is 6.54 Å². The lowest BCUT2D eigenvalue weighted by Crippen LogP contribution is -2.10. The third kappa shape index (κ3) is 3.48. The van der Waals surface area contributed by atoms with Gasteiger partial charge in [-0.3, -0.25) is 4.79 Å². The Balaban J connectivity index is 2.18. The van der Waals surface area contributed by atoms with E-state index in [1.54, 1.807) is 4.68 Å². The van der Waals surface area contributed by atoms with Crippen molar-refractivity contribution in [3.05, 3.63) is 40.7 Å². The first-order chi connectivity index (χ1) is 10.2. The van der Waals surface area contributed by atoms with Crippen molar-refractivity contribution in [2.75, 3.05) is 0 Å². The number of hydrogen-bond acceptors (Lipinski definition) is 4. The summed E-state index contributed by atoms with van der Waals surface area (Å²) >= 11 is 0. The first kappa shape index (κ1) is 15.2. The van der Waals surface area contributed by atoms with Crippen LogP contribution in [0.25, 0.3) is 0 Å². The first-order valence-electron chi connectivity index (χ1n) is 7.24. The number of nitrogens with zero attached hydrogens (tertiary/aromatic N) is 3. The maximum atomic E-state index is 11.1. The minimum Gasteiger partial charge on any atom is -0.487 e. The standard InChI is InChI=1S/C16H21N3O2/c1-4-5-9-19-15(14(10-20)17-18-19)11-21-16-12(2)7-6-8-13(16)3/h6-8,10H,4-5,9,11H2,1-3H3. The van der Waals surface area contributed by atoms with Crippen molar-refractivity contribution in [3.63, 3.8) is 0 Å². The Morgan fingerprint density at radius 2 is 2.00 bits per heavy atom. The second kappa shape index (κ2) is 7.02. The molecular weight excluding hydrogens is 266 g/mol. The van der Waals surface area contributed by atoms with Gasteiger partial charge in [0.25, 0.3) is 0 Å². The van der Waals surface area contributed by atoms with Crippen LogP contribution in [0.1, 0.15) is 47.1 Å². The molecule has 0 atom stereocenters. The zero-order chi connectivity index (χ0) is 15.2. The monoisotopic (exact) mass is 287 g/mol. The van der Waals surface area contributed by atoms with Crippen LogP contribution in [0.5, 0.6) is 5.75 Å². The molecule has 2 rings (SSSR count). The summed E-state index contributed by atoms with van der Waals surface area (Å²) < 4.78 is 7.68. The van der Waals surface area contributed by atoms with Gasteiger partial charge in [-0.2, -0.15) is 0 Å². The zero-order valence-electron chi connectivity index (χ0n) is 12.8. The zero-order valence-corrected chi connectivity index (χ0v) is 12.8. The molecule has 5 nitrogen and oxygen atoms in total. The number of aldehydes is 1. The van der Waals surface area contributed by atoms with Crippen LogP contribution in [0.4, 0.5) is 0 Å². The molecule has 5 heteroatoms.